The van der Waals surface area contributed by atoms with E-state index in [-0.39, 0.29) is 271 Å². The molecule has 0 spiro atoms. The van der Waals surface area contributed by atoms with Gasteiger partial charge in [0.2, 0.25) is 0 Å². The lowest BCUT2D eigenvalue weighted by molar-refractivity contribution is -0.143. The molecule has 0 bridgehead atoms. The van der Waals surface area contributed by atoms with Crippen LogP contribution in [-0.2, 0) is 253 Å². The highest BCUT2D eigenvalue weighted by molar-refractivity contribution is 5.70. The largest absolute Gasteiger partial charge is 0.493 e. The van der Waals surface area contributed by atoms with Gasteiger partial charge >= 0.3 is 71.6 Å². The molecular weight excluding hydrogens is 1820 g/mol. The lowest BCUT2D eigenvalue weighted by Crippen LogP contribution is -2.10. The first kappa shape index (κ1) is 104. The number of pyridine rings is 9. The number of hydrogen-bond acceptors (Lipinski definition) is 42. The molecule has 9 aromatic heterocycles. The van der Waals surface area contributed by atoms with Crippen LogP contribution >= 0.6 is 0 Å². The molecule has 0 aliphatic rings. The van der Waals surface area contributed by atoms with Crippen molar-refractivity contribution < 1.29 is 157 Å². The molecule has 0 atom stereocenters. The fourth-order valence-electron chi connectivity index (χ4n) is 12.5. The number of rotatable bonds is 52. The second-order valence-electron chi connectivity index (χ2n) is 30.5. The highest BCUT2D eigenvalue weighted by Crippen LogP contribution is 2.30. The molecular formula is C97H101N9O33. The van der Waals surface area contributed by atoms with Crippen LogP contribution in [0.4, 0.5) is 0 Å². The molecule has 0 aliphatic heterocycles. The van der Waals surface area contributed by atoms with Gasteiger partial charge in [0.1, 0.15) is 184 Å². The van der Waals surface area contributed by atoms with Crippen molar-refractivity contribution in [2.75, 3.05) is 6.61 Å². The zero-order valence-corrected chi connectivity index (χ0v) is 78.2. The number of benzene rings is 1. The van der Waals surface area contributed by atoms with Gasteiger partial charge in [-0.25, -0.2) is 0 Å². The van der Waals surface area contributed by atoms with Gasteiger partial charge in [0.05, 0.1) is 103 Å². The Kier molecular flexibility index (Phi) is 39.8. The second-order valence-corrected chi connectivity index (χ2v) is 30.5. The van der Waals surface area contributed by atoms with Crippen molar-refractivity contribution in [2.24, 2.45) is 0 Å². The number of nitrogens with zero attached hydrogens (tertiary/aromatic N) is 9. The fraction of sp³-hybridized carbons (Fsp3) is 0.351. The molecule has 9 heterocycles. The summed E-state index contributed by atoms with van der Waals surface area (Å²) in [6.45, 7) is 10.3. The average molecular weight is 1920 g/mol. The van der Waals surface area contributed by atoms with Crippen molar-refractivity contribution in [1.82, 2.24) is 44.9 Å². The molecule has 0 N–H and O–H groups in total. The van der Waals surface area contributed by atoms with Crippen LogP contribution in [0.3, 0.4) is 0 Å². The summed E-state index contributed by atoms with van der Waals surface area (Å²) in [5.41, 5.74) is 6.88. The van der Waals surface area contributed by atoms with Crippen molar-refractivity contribution >= 4 is 71.6 Å². The van der Waals surface area contributed by atoms with Crippen LogP contribution in [0.25, 0.3) is 0 Å². The Labute approximate surface area is 796 Å². The molecule has 0 aliphatic carbocycles. The van der Waals surface area contributed by atoms with Gasteiger partial charge in [0.15, 0.2) is 0 Å². The smallest absolute Gasteiger partial charge is 0.303 e. The maximum absolute atomic E-state index is 12.0. The first-order valence-electron chi connectivity index (χ1n) is 42.9. The summed E-state index contributed by atoms with van der Waals surface area (Å²) in [6, 6.07) is 33.9. The van der Waals surface area contributed by atoms with Gasteiger partial charge in [-0.1, -0.05) is 0 Å². The first-order valence-corrected chi connectivity index (χ1v) is 42.9. The van der Waals surface area contributed by atoms with E-state index in [4.69, 9.17) is 114 Å². The number of carbonyl (C=O) groups excluding carboxylic acids is 12. The minimum absolute atomic E-state index is 0.0135. The van der Waals surface area contributed by atoms with E-state index in [2.05, 4.69) is 29.9 Å². The van der Waals surface area contributed by atoms with Crippen LogP contribution in [0, 0.1) is 0 Å². The Morgan fingerprint density at radius 2 is 0.266 bits per heavy atom. The minimum Gasteiger partial charge on any atom is -0.493 e. The third-order valence-corrected chi connectivity index (χ3v) is 18.1. The Hall–Kier alpha value is -16.6. The summed E-state index contributed by atoms with van der Waals surface area (Å²) in [5, 5.41) is 0. The van der Waals surface area contributed by atoms with Gasteiger partial charge in [-0.3, -0.25) is 102 Å². The number of carbonyl (C=O) groups is 12. The van der Waals surface area contributed by atoms with E-state index in [1.807, 2.05) is 18.2 Å². The van der Waals surface area contributed by atoms with Crippen LogP contribution in [0.1, 0.15) is 202 Å². The van der Waals surface area contributed by atoms with Crippen LogP contribution in [0.5, 0.6) is 51.7 Å². The van der Waals surface area contributed by atoms with Crippen molar-refractivity contribution in [2.45, 2.75) is 222 Å². The molecule has 0 fully saturated rings. The third kappa shape index (κ3) is 39.5. The van der Waals surface area contributed by atoms with Gasteiger partial charge < -0.3 is 99.5 Å². The lowest BCUT2D eigenvalue weighted by atomic mass is 10.1. The highest BCUT2D eigenvalue weighted by atomic mass is 16.6. The van der Waals surface area contributed by atoms with Crippen LogP contribution in [-0.4, -0.2) is 123 Å². The Morgan fingerprint density at radius 3 is 0.410 bits per heavy atom. The third-order valence-electron chi connectivity index (χ3n) is 18.1. The van der Waals surface area contributed by atoms with E-state index >= 15 is 0 Å². The Balaban J connectivity index is 1.05. The summed E-state index contributed by atoms with van der Waals surface area (Å²) in [4.78, 5) is 185. The number of aromatic nitrogens is 9. The topological polar surface area (TPSA) is 515 Å². The molecule has 732 valence electrons. The number of hydrogen-bond donors (Lipinski definition) is 0. The SMILES string of the molecule is CC(=O)OCc1cc(OCCc2cc(OCc3cc(COc4cc(COc5cc(COC(C)=O)nc(COC(C)=O)c5)nc(COc5cc(COC(C)=O)nc(COC(C)=O)c5)c4)cc(COc4cc(COc5cc(COC(C)=O)nc(COC(C)=O)c5)nc(COc5cc(COC(C)=O)nc(COC(C)=O)c5)c4)c3)cc(COc3cc(COC(C)=O)nc(COC(C)=O)c3)n2)cc(COC(C)=O)n1. The van der Waals surface area contributed by atoms with E-state index < -0.39 is 71.6 Å². The molecule has 0 unspecified atom stereocenters. The van der Waals surface area contributed by atoms with Gasteiger partial charge in [-0.05, 0) is 34.9 Å². The predicted octanol–water partition coefficient (Wildman–Crippen LogP) is 11.3. The number of esters is 12. The van der Waals surface area contributed by atoms with Crippen LogP contribution in [0.2, 0.25) is 0 Å². The van der Waals surface area contributed by atoms with Gasteiger partial charge in [-0.15, -0.1) is 0 Å². The standard InChI is InChI=1S/C97H101N9O33/c1-56(107)120-39-72-19-89(20-73(99-72)40-121-57(2)108)119-14-13-71-18-90(31-84(98-71)51-135-93-21-74(41-122-58(3)109)100-75(22-93)42-123-59(4)110)132-36-68-15-69(37-133-91-32-85(52-136-94-23-76(43-124-60(5)111)101-77(24-94)44-125-61(6)112)105-86(33-91)53-137-95-25-78(45-126-62(7)113)102-79(26-95)46-127-63(8)114)17-70(16-68)38-134-92-34-87(54-138-96-27-80(47-128-64(9)115)103-81(28-96)48-129-65(10)116)106-88(35-92)55-139-97-29-82(49-130-66(11)117)104-83(30-97)50-131-67(12)118/h15-35H,13-14,36-55H2,1-12H3. The van der Waals surface area contributed by atoms with E-state index in [0.29, 0.717) is 45.2 Å². The summed E-state index contributed by atoms with van der Waals surface area (Å²) < 4.78 is 122. The molecule has 0 saturated carbocycles. The summed E-state index contributed by atoms with van der Waals surface area (Å²) in [6.07, 6.45) is 0.130. The van der Waals surface area contributed by atoms with Gasteiger partial charge in [0, 0.05) is 204 Å². The van der Waals surface area contributed by atoms with E-state index in [1.54, 1.807) is 60.7 Å². The average Bonchev–Trinajstić information content (AvgIpc) is 0.847. The summed E-state index contributed by atoms with van der Waals surface area (Å²) in [7, 11) is 0. The van der Waals surface area contributed by atoms with E-state index in [1.165, 1.54) is 132 Å². The Morgan fingerprint density at radius 1 is 0.151 bits per heavy atom. The Bertz CT molecular complexity index is 5420. The zero-order valence-electron chi connectivity index (χ0n) is 78.2. The van der Waals surface area contributed by atoms with Gasteiger partial charge in [-0.2, -0.15) is 0 Å². The quantitative estimate of drug-likeness (QED) is 0.0252. The molecule has 10 rings (SSSR count). The van der Waals surface area contributed by atoms with Crippen molar-refractivity contribution in [3.8, 4) is 51.7 Å². The molecule has 42 heteroatoms. The normalized spacial score (nSPS) is 10.7. The van der Waals surface area contributed by atoms with Crippen molar-refractivity contribution in [3.63, 3.8) is 0 Å². The maximum Gasteiger partial charge on any atom is 0.303 e. The number of ether oxygens (including phenoxy) is 21. The predicted molar refractivity (Wildman–Crippen MR) is 474 cm³/mol. The van der Waals surface area contributed by atoms with Gasteiger partial charge in [0.25, 0.3) is 0 Å². The monoisotopic (exact) mass is 1920 g/mol. The molecule has 0 saturated heterocycles. The molecule has 0 radical (unpaired) electrons. The van der Waals surface area contributed by atoms with Crippen LogP contribution in [0.15, 0.2) is 127 Å². The van der Waals surface area contributed by atoms with Crippen LogP contribution < -0.4 is 42.6 Å². The maximum atomic E-state index is 12.0. The summed E-state index contributed by atoms with van der Waals surface area (Å²) in [5.74, 6) is -4.71. The molecule has 10 aromatic rings. The first-order chi connectivity index (χ1) is 66.5. The lowest BCUT2D eigenvalue weighted by Gasteiger charge is -2.16. The van der Waals surface area contributed by atoms with E-state index in [0.717, 1.165) is 0 Å². The second kappa shape index (κ2) is 52.9. The van der Waals surface area contributed by atoms with E-state index in [9.17, 15) is 57.5 Å². The highest BCUT2D eigenvalue weighted by Gasteiger charge is 2.21. The zero-order chi connectivity index (χ0) is 99.9. The molecule has 42 nitrogen and oxygen atoms in total. The van der Waals surface area contributed by atoms with Crippen molar-refractivity contribution in [1.29, 1.82) is 0 Å². The fourth-order valence-corrected chi connectivity index (χ4v) is 12.5. The molecule has 1 aromatic carbocycles. The molecule has 0 amide bonds. The minimum atomic E-state index is -0.579. The van der Waals surface area contributed by atoms with Crippen molar-refractivity contribution in [3.05, 3.63) is 247 Å². The molecule has 139 heavy (non-hydrogen) atoms. The summed E-state index contributed by atoms with van der Waals surface area (Å²) >= 11 is 0.